The van der Waals surface area contributed by atoms with Crippen molar-refractivity contribution in [2.45, 2.75) is 25.7 Å². The van der Waals surface area contributed by atoms with Crippen LogP contribution in [0.4, 0.5) is 5.82 Å². The summed E-state index contributed by atoms with van der Waals surface area (Å²) in [6.07, 6.45) is 5.71. The van der Waals surface area contributed by atoms with Crippen molar-refractivity contribution in [1.29, 1.82) is 0 Å². The lowest BCUT2D eigenvalue weighted by Gasteiger charge is -2.32. The van der Waals surface area contributed by atoms with Gasteiger partial charge in [-0.25, -0.2) is 4.98 Å². The molecule has 1 aliphatic carbocycles. The third-order valence-corrected chi connectivity index (χ3v) is 5.81. The molecule has 2 heterocycles. The molecule has 1 N–H and O–H groups in total. The number of pyridine rings is 1. The van der Waals surface area contributed by atoms with E-state index in [-0.39, 0.29) is 17.7 Å². The van der Waals surface area contributed by atoms with Gasteiger partial charge in [0.2, 0.25) is 5.91 Å². The number of anilines is 1. The highest BCUT2D eigenvalue weighted by Crippen LogP contribution is 2.29. The van der Waals surface area contributed by atoms with Crippen LogP contribution in [-0.2, 0) is 4.79 Å². The first-order valence-corrected chi connectivity index (χ1v) is 10.8. The minimum atomic E-state index is -0.237. The highest BCUT2D eigenvalue weighted by molar-refractivity contribution is 9.10. The number of hydrogen-bond donors (Lipinski definition) is 1. The molecule has 2 fully saturated rings. The fraction of sp³-hybridized carbons (Fsp3) is 0.409. The molecule has 0 radical (unpaired) electrons. The highest BCUT2D eigenvalue weighted by atomic mass is 79.9. The van der Waals surface area contributed by atoms with Gasteiger partial charge in [-0.15, -0.1) is 0 Å². The molecule has 152 valence electrons. The average molecular weight is 458 g/mol. The summed E-state index contributed by atoms with van der Waals surface area (Å²) in [5.74, 6) is 1.63. The van der Waals surface area contributed by atoms with Gasteiger partial charge >= 0.3 is 0 Å². The molecule has 1 aromatic carbocycles. The summed E-state index contributed by atoms with van der Waals surface area (Å²) in [7, 11) is 0. The molecule has 1 saturated heterocycles. The predicted octanol–water partition coefficient (Wildman–Crippen LogP) is 4.12. The van der Waals surface area contributed by atoms with Crippen molar-refractivity contribution in [2.24, 2.45) is 11.8 Å². The predicted molar refractivity (Wildman–Crippen MR) is 114 cm³/mol. The fourth-order valence-electron chi connectivity index (χ4n) is 3.43. The van der Waals surface area contributed by atoms with Crippen molar-refractivity contribution < 1.29 is 14.3 Å². The zero-order valence-electron chi connectivity index (χ0n) is 16.1. The van der Waals surface area contributed by atoms with Crippen molar-refractivity contribution in [1.82, 2.24) is 9.88 Å². The molecule has 4 rings (SSSR count). The van der Waals surface area contributed by atoms with Gasteiger partial charge in [0.25, 0.3) is 5.91 Å². The smallest absolute Gasteiger partial charge is 0.253 e. The molecule has 2 aliphatic rings. The molecule has 0 spiro atoms. The third kappa shape index (κ3) is 5.35. The minimum Gasteiger partial charge on any atom is -0.493 e. The first-order chi connectivity index (χ1) is 14.1. The zero-order chi connectivity index (χ0) is 20.2. The van der Waals surface area contributed by atoms with E-state index in [2.05, 4.69) is 26.2 Å². The van der Waals surface area contributed by atoms with Crippen LogP contribution in [0.2, 0.25) is 0 Å². The molecule has 1 aromatic heterocycles. The average Bonchev–Trinajstić information content (AvgIpc) is 3.58. The van der Waals surface area contributed by atoms with Gasteiger partial charge in [0.1, 0.15) is 11.6 Å². The van der Waals surface area contributed by atoms with Gasteiger partial charge < -0.3 is 15.0 Å². The van der Waals surface area contributed by atoms with Crippen LogP contribution in [0.5, 0.6) is 5.75 Å². The molecule has 1 atom stereocenters. The minimum absolute atomic E-state index is 0.0435. The lowest BCUT2D eigenvalue weighted by molar-refractivity contribution is -0.121. The zero-order valence-corrected chi connectivity index (χ0v) is 17.7. The maximum atomic E-state index is 12.9. The number of amides is 2. The van der Waals surface area contributed by atoms with E-state index in [9.17, 15) is 9.59 Å². The second kappa shape index (κ2) is 8.95. The first kappa shape index (κ1) is 19.9. The molecule has 6 nitrogen and oxygen atoms in total. The van der Waals surface area contributed by atoms with Crippen molar-refractivity contribution in [3.05, 3.63) is 52.6 Å². The van der Waals surface area contributed by atoms with Crippen molar-refractivity contribution in [2.75, 3.05) is 25.0 Å². The second-order valence-corrected chi connectivity index (χ2v) is 8.64. The van der Waals surface area contributed by atoms with Crippen molar-refractivity contribution in [3.8, 4) is 5.75 Å². The topological polar surface area (TPSA) is 71.5 Å². The van der Waals surface area contributed by atoms with E-state index >= 15 is 0 Å². The SMILES string of the molecule is O=C(Nc1ccc(Br)cn1)C1CCCN(C(=O)c2ccc(OCC3CC3)cc2)C1. The van der Waals surface area contributed by atoms with Gasteiger partial charge in [-0.1, -0.05) is 0 Å². The fourth-order valence-corrected chi connectivity index (χ4v) is 3.66. The summed E-state index contributed by atoms with van der Waals surface area (Å²) in [4.78, 5) is 31.5. The lowest BCUT2D eigenvalue weighted by atomic mass is 9.96. The van der Waals surface area contributed by atoms with Crippen LogP contribution in [0, 0.1) is 11.8 Å². The normalized spacial score (nSPS) is 18.9. The number of hydrogen-bond acceptors (Lipinski definition) is 4. The Balaban J connectivity index is 1.33. The van der Waals surface area contributed by atoms with Crippen molar-refractivity contribution in [3.63, 3.8) is 0 Å². The van der Waals surface area contributed by atoms with Crippen LogP contribution < -0.4 is 10.1 Å². The number of nitrogens with zero attached hydrogens (tertiary/aromatic N) is 2. The van der Waals surface area contributed by atoms with Crippen molar-refractivity contribution >= 4 is 33.6 Å². The number of rotatable bonds is 6. The maximum Gasteiger partial charge on any atom is 0.253 e. The summed E-state index contributed by atoms with van der Waals surface area (Å²) in [5.41, 5.74) is 0.624. The lowest BCUT2D eigenvalue weighted by Crippen LogP contribution is -2.43. The highest BCUT2D eigenvalue weighted by Gasteiger charge is 2.29. The van der Waals surface area contributed by atoms with Crippen LogP contribution in [0.15, 0.2) is 47.1 Å². The van der Waals surface area contributed by atoms with Crippen LogP contribution in [-0.4, -0.2) is 41.4 Å². The molecular formula is C22H24BrN3O3. The number of nitrogens with one attached hydrogen (secondary N) is 1. The summed E-state index contributed by atoms with van der Waals surface area (Å²) >= 11 is 3.33. The molecule has 0 bridgehead atoms. The van der Waals surface area contributed by atoms with Gasteiger partial charge in [-0.05, 0) is 83.9 Å². The molecule has 1 saturated carbocycles. The number of halogens is 1. The standard InChI is InChI=1S/C22H24BrN3O3/c23-18-7-10-20(24-12-18)25-21(27)17-2-1-11-26(13-17)22(28)16-5-8-19(9-6-16)29-14-15-3-4-15/h5-10,12,15,17H,1-4,11,13-14H2,(H,24,25,27). The molecule has 29 heavy (non-hydrogen) atoms. The van der Waals surface area contributed by atoms with Gasteiger partial charge in [-0.3, -0.25) is 9.59 Å². The Morgan fingerprint density at radius 3 is 2.62 bits per heavy atom. The van der Waals surface area contributed by atoms with Gasteiger partial charge in [0, 0.05) is 29.3 Å². The number of ether oxygens (including phenoxy) is 1. The van der Waals surface area contributed by atoms with E-state index in [0.717, 1.165) is 29.7 Å². The van der Waals surface area contributed by atoms with Crippen LogP contribution in [0.3, 0.4) is 0 Å². The molecule has 1 aliphatic heterocycles. The third-order valence-electron chi connectivity index (χ3n) is 5.34. The van der Waals surface area contributed by atoms with Gasteiger partial charge in [-0.2, -0.15) is 0 Å². The quantitative estimate of drug-likeness (QED) is 0.707. The van der Waals surface area contributed by atoms with Gasteiger partial charge in [0.05, 0.1) is 12.5 Å². The van der Waals surface area contributed by atoms with E-state index < -0.39 is 0 Å². The van der Waals surface area contributed by atoms with Crippen LogP contribution in [0.25, 0.3) is 0 Å². The van der Waals surface area contributed by atoms with Crippen LogP contribution >= 0.6 is 15.9 Å². The second-order valence-electron chi connectivity index (χ2n) is 7.72. The summed E-state index contributed by atoms with van der Waals surface area (Å²) in [6, 6.07) is 10.9. The number of piperidine rings is 1. The first-order valence-electron chi connectivity index (χ1n) is 10.0. The monoisotopic (exact) mass is 457 g/mol. The largest absolute Gasteiger partial charge is 0.493 e. The van der Waals surface area contributed by atoms with E-state index in [1.165, 1.54) is 12.8 Å². The molecule has 2 aromatic rings. The number of carbonyl (C=O) groups excluding carboxylic acids is 2. The van der Waals surface area contributed by atoms with E-state index in [1.807, 2.05) is 18.2 Å². The molecule has 7 heteroatoms. The maximum absolute atomic E-state index is 12.9. The summed E-state index contributed by atoms with van der Waals surface area (Å²) < 4.78 is 6.59. The Bertz CT molecular complexity index is 866. The summed E-state index contributed by atoms with van der Waals surface area (Å²) in [6.45, 7) is 1.84. The Kier molecular flexibility index (Phi) is 6.13. The van der Waals surface area contributed by atoms with Crippen LogP contribution in [0.1, 0.15) is 36.0 Å². The Labute approximate surface area is 178 Å². The Morgan fingerprint density at radius 2 is 1.93 bits per heavy atom. The Morgan fingerprint density at radius 1 is 1.14 bits per heavy atom. The number of likely N-dealkylation sites (tertiary alicyclic amines) is 1. The van der Waals surface area contributed by atoms with E-state index in [4.69, 9.17) is 4.74 Å². The summed E-state index contributed by atoms with van der Waals surface area (Å²) in [5, 5.41) is 2.85. The number of aromatic nitrogens is 1. The number of carbonyl (C=O) groups is 2. The number of benzene rings is 1. The van der Waals surface area contributed by atoms with E-state index in [0.29, 0.717) is 30.4 Å². The molecule has 2 amide bonds. The molecule has 1 unspecified atom stereocenters. The Hall–Kier alpha value is -2.41. The van der Waals surface area contributed by atoms with E-state index in [1.54, 1.807) is 29.3 Å². The molecular weight excluding hydrogens is 434 g/mol. The van der Waals surface area contributed by atoms with Gasteiger partial charge in [0.15, 0.2) is 0 Å².